The monoisotopic (exact) mass is 340 g/mol. The largest absolute Gasteiger partial charge is 0.369 e. The van der Waals surface area contributed by atoms with E-state index in [1.807, 2.05) is 32.0 Å². The molecule has 1 fully saturated rings. The summed E-state index contributed by atoms with van der Waals surface area (Å²) in [7, 11) is 0. The molecule has 7 nitrogen and oxygen atoms in total. The Bertz CT molecular complexity index is 763. The Labute approximate surface area is 147 Å². The molecule has 1 atom stereocenters. The van der Waals surface area contributed by atoms with Crippen LogP contribution in [0.1, 0.15) is 35.8 Å². The van der Waals surface area contributed by atoms with E-state index in [4.69, 9.17) is 10.7 Å². The summed E-state index contributed by atoms with van der Waals surface area (Å²) >= 11 is 0. The molecule has 0 saturated carbocycles. The highest BCUT2D eigenvalue weighted by Crippen LogP contribution is 2.26. The summed E-state index contributed by atoms with van der Waals surface area (Å²) in [6, 6.07) is 5.83. The molecule has 2 aromatic rings. The topological polar surface area (TPSA) is 97.0 Å². The number of aromatic nitrogens is 3. The van der Waals surface area contributed by atoms with E-state index in [-0.39, 0.29) is 11.8 Å². The highest BCUT2D eigenvalue weighted by atomic mass is 16.1. The first-order valence-corrected chi connectivity index (χ1v) is 8.56. The zero-order valence-electron chi connectivity index (χ0n) is 14.7. The fourth-order valence-corrected chi connectivity index (χ4v) is 3.21. The summed E-state index contributed by atoms with van der Waals surface area (Å²) in [6.07, 6.45) is 3.78. The van der Waals surface area contributed by atoms with Crippen LogP contribution in [0.15, 0.2) is 24.4 Å². The predicted molar refractivity (Wildman–Crippen MR) is 96.6 cm³/mol. The van der Waals surface area contributed by atoms with Gasteiger partial charge in [-0.1, -0.05) is 6.07 Å². The van der Waals surface area contributed by atoms with Gasteiger partial charge in [0.05, 0.1) is 6.54 Å². The number of amides is 1. The summed E-state index contributed by atoms with van der Waals surface area (Å²) in [6.45, 7) is 5.91. The van der Waals surface area contributed by atoms with Crippen molar-refractivity contribution in [2.75, 3.05) is 25.0 Å². The van der Waals surface area contributed by atoms with Crippen molar-refractivity contribution >= 4 is 17.5 Å². The molecule has 0 spiro atoms. The molecule has 3 heterocycles. The number of likely N-dealkylation sites (tertiary alicyclic amines) is 1. The molecule has 1 aliphatic rings. The standard InChI is InChI=1S/C18H24N6O/c1-12-5-3-7-20-17(12)22-16-9-13(2)21-18(23-16)14-6-4-8-24(10-14)11-15(19)25/h3,5,7,9,14H,4,6,8,10-11H2,1-2H3,(H2,19,25)(H,20,21,22,23)/t14-/m1/s1. The Kier molecular flexibility index (Phi) is 5.23. The van der Waals surface area contributed by atoms with E-state index >= 15 is 0 Å². The maximum absolute atomic E-state index is 11.2. The van der Waals surface area contributed by atoms with Crippen molar-refractivity contribution in [3.63, 3.8) is 0 Å². The summed E-state index contributed by atoms with van der Waals surface area (Å²) in [4.78, 5) is 26.9. The van der Waals surface area contributed by atoms with E-state index in [1.54, 1.807) is 6.20 Å². The van der Waals surface area contributed by atoms with Crippen LogP contribution < -0.4 is 11.1 Å². The number of carbonyl (C=O) groups is 1. The fraction of sp³-hybridized carbons (Fsp3) is 0.444. The molecule has 0 aliphatic carbocycles. The molecule has 0 bridgehead atoms. The second-order valence-corrected chi connectivity index (χ2v) is 6.59. The lowest BCUT2D eigenvalue weighted by Gasteiger charge is -2.31. The Morgan fingerprint density at radius 3 is 3.00 bits per heavy atom. The van der Waals surface area contributed by atoms with Crippen LogP contribution in [0, 0.1) is 13.8 Å². The lowest BCUT2D eigenvalue weighted by atomic mass is 9.97. The smallest absolute Gasteiger partial charge is 0.231 e. The SMILES string of the molecule is Cc1cc(Nc2ncccc2C)nc([C@@H]2CCCN(CC(N)=O)C2)n1. The van der Waals surface area contributed by atoms with Gasteiger partial charge in [0.15, 0.2) is 0 Å². The zero-order valence-corrected chi connectivity index (χ0v) is 14.7. The van der Waals surface area contributed by atoms with Crippen molar-refractivity contribution in [3.8, 4) is 0 Å². The number of primary amides is 1. The minimum Gasteiger partial charge on any atom is -0.369 e. The minimum absolute atomic E-state index is 0.207. The van der Waals surface area contributed by atoms with Crippen molar-refractivity contribution in [1.82, 2.24) is 19.9 Å². The average molecular weight is 340 g/mol. The second kappa shape index (κ2) is 7.57. The lowest BCUT2D eigenvalue weighted by Crippen LogP contribution is -2.40. The van der Waals surface area contributed by atoms with Crippen LogP contribution in [0.5, 0.6) is 0 Å². The average Bonchev–Trinajstić information content (AvgIpc) is 2.56. The van der Waals surface area contributed by atoms with Gasteiger partial charge in [-0.2, -0.15) is 0 Å². The summed E-state index contributed by atoms with van der Waals surface area (Å²) in [5.74, 6) is 2.27. The Morgan fingerprint density at radius 2 is 2.24 bits per heavy atom. The minimum atomic E-state index is -0.293. The quantitative estimate of drug-likeness (QED) is 0.863. The molecule has 1 aliphatic heterocycles. The molecule has 3 rings (SSSR count). The molecule has 1 amide bonds. The van der Waals surface area contributed by atoms with Crippen LogP contribution >= 0.6 is 0 Å². The normalized spacial score (nSPS) is 18.1. The van der Waals surface area contributed by atoms with Crippen LogP contribution in [0.4, 0.5) is 11.6 Å². The number of carbonyl (C=O) groups excluding carboxylic acids is 1. The third-order valence-corrected chi connectivity index (χ3v) is 4.38. The van der Waals surface area contributed by atoms with E-state index in [1.165, 1.54) is 0 Å². The van der Waals surface area contributed by atoms with Crippen LogP contribution in [0.25, 0.3) is 0 Å². The highest BCUT2D eigenvalue weighted by molar-refractivity contribution is 5.75. The van der Waals surface area contributed by atoms with Gasteiger partial charge < -0.3 is 11.1 Å². The van der Waals surface area contributed by atoms with Crippen molar-refractivity contribution in [2.24, 2.45) is 5.73 Å². The number of hydrogen-bond acceptors (Lipinski definition) is 6. The van der Waals surface area contributed by atoms with Gasteiger partial charge in [-0.3, -0.25) is 9.69 Å². The number of aryl methyl sites for hydroxylation is 2. The molecule has 132 valence electrons. The van der Waals surface area contributed by atoms with Gasteiger partial charge >= 0.3 is 0 Å². The summed E-state index contributed by atoms with van der Waals surface area (Å²) in [5, 5.41) is 3.29. The third kappa shape index (κ3) is 4.51. The number of rotatable bonds is 5. The zero-order chi connectivity index (χ0) is 17.8. The Morgan fingerprint density at radius 1 is 1.40 bits per heavy atom. The third-order valence-electron chi connectivity index (χ3n) is 4.38. The van der Waals surface area contributed by atoms with Gasteiger partial charge in [0.1, 0.15) is 17.5 Å². The van der Waals surface area contributed by atoms with E-state index in [0.717, 1.165) is 54.6 Å². The molecule has 0 aromatic carbocycles. The van der Waals surface area contributed by atoms with Crippen molar-refractivity contribution in [1.29, 1.82) is 0 Å². The summed E-state index contributed by atoms with van der Waals surface area (Å²) < 4.78 is 0. The van der Waals surface area contributed by atoms with E-state index in [0.29, 0.717) is 6.54 Å². The number of nitrogens with one attached hydrogen (secondary N) is 1. The maximum atomic E-state index is 11.2. The van der Waals surface area contributed by atoms with E-state index in [9.17, 15) is 4.79 Å². The molecular formula is C18H24N6O. The van der Waals surface area contributed by atoms with Crippen LogP contribution in [0.3, 0.4) is 0 Å². The number of hydrogen-bond donors (Lipinski definition) is 2. The van der Waals surface area contributed by atoms with Gasteiger partial charge in [0, 0.05) is 30.4 Å². The molecule has 0 unspecified atom stereocenters. The van der Waals surface area contributed by atoms with Crippen LogP contribution in [-0.4, -0.2) is 45.4 Å². The fourth-order valence-electron chi connectivity index (χ4n) is 3.21. The van der Waals surface area contributed by atoms with Gasteiger partial charge in [-0.15, -0.1) is 0 Å². The highest BCUT2D eigenvalue weighted by Gasteiger charge is 2.24. The number of pyridine rings is 1. The summed E-state index contributed by atoms with van der Waals surface area (Å²) in [5.41, 5.74) is 7.30. The predicted octanol–water partition coefficient (Wildman–Crippen LogP) is 1.90. The van der Waals surface area contributed by atoms with Crippen molar-refractivity contribution in [2.45, 2.75) is 32.6 Å². The van der Waals surface area contributed by atoms with E-state index in [2.05, 4.69) is 20.2 Å². The molecular weight excluding hydrogens is 316 g/mol. The maximum Gasteiger partial charge on any atom is 0.231 e. The van der Waals surface area contributed by atoms with Gasteiger partial charge in [-0.25, -0.2) is 15.0 Å². The molecule has 25 heavy (non-hydrogen) atoms. The Hall–Kier alpha value is -2.54. The van der Waals surface area contributed by atoms with Crippen LogP contribution in [0.2, 0.25) is 0 Å². The first-order valence-electron chi connectivity index (χ1n) is 8.56. The Balaban J connectivity index is 1.79. The second-order valence-electron chi connectivity index (χ2n) is 6.59. The number of nitrogens with two attached hydrogens (primary N) is 1. The number of piperidine rings is 1. The first kappa shape index (κ1) is 17.3. The molecule has 1 saturated heterocycles. The van der Waals surface area contributed by atoms with Crippen molar-refractivity contribution < 1.29 is 4.79 Å². The van der Waals surface area contributed by atoms with Gasteiger partial charge in [0.2, 0.25) is 5.91 Å². The lowest BCUT2D eigenvalue weighted by molar-refractivity contribution is -0.119. The molecule has 0 radical (unpaired) electrons. The first-order chi connectivity index (χ1) is 12.0. The molecule has 3 N–H and O–H groups in total. The van der Waals surface area contributed by atoms with Gasteiger partial charge in [-0.05, 0) is 44.9 Å². The van der Waals surface area contributed by atoms with Crippen molar-refractivity contribution in [3.05, 3.63) is 41.5 Å². The van der Waals surface area contributed by atoms with Crippen LogP contribution in [-0.2, 0) is 4.79 Å². The van der Waals surface area contributed by atoms with Gasteiger partial charge in [0.25, 0.3) is 0 Å². The molecule has 2 aromatic heterocycles. The molecule has 7 heteroatoms. The van der Waals surface area contributed by atoms with E-state index < -0.39 is 0 Å². The number of nitrogens with zero attached hydrogens (tertiary/aromatic N) is 4. The number of anilines is 2.